The van der Waals surface area contributed by atoms with Crippen LogP contribution in [0, 0.1) is 13.8 Å². The summed E-state index contributed by atoms with van der Waals surface area (Å²) in [4.78, 5) is 11.2. The third-order valence-electron chi connectivity index (χ3n) is 2.57. The summed E-state index contributed by atoms with van der Waals surface area (Å²) in [6, 6.07) is 6.42. The molecule has 0 unspecified atom stereocenters. The molecule has 0 fully saturated rings. The summed E-state index contributed by atoms with van der Waals surface area (Å²) in [6.45, 7) is 6.11. The lowest BCUT2D eigenvalue weighted by molar-refractivity contribution is -0.118. The van der Waals surface area contributed by atoms with Crippen molar-refractivity contribution in [3.05, 3.63) is 34.9 Å². The van der Waals surface area contributed by atoms with E-state index < -0.39 is 0 Å². The number of carbonyl (C=O) groups is 1. The summed E-state index contributed by atoms with van der Waals surface area (Å²) in [7, 11) is 0. The van der Waals surface area contributed by atoms with Gasteiger partial charge in [-0.05, 0) is 31.4 Å². The van der Waals surface area contributed by atoms with Gasteiger partial charge in [-0.3, -0.25) is 4.79 Å². The van der Waals surface area contributed by atoms with Gasteiger partial charge in [0, 0.05) is 12.8 Å². The summed E-state index contributed by atoms with van der Waals surface area (Å²) >= 11 is 0. The molecular formula is C13H18O. The number of carbonyl (C=O) groups excluding carboxylic acids is 1. The topological polar surface area (TPSA) is 17.1 Å². The van der Waals surface area contributed by atoms with E-state index in [-0.39, 0.29) is 0 Å². The van der Waals surface area contributed by atoms with Crippen molar-refractivity contribution < 1.29 is 4.79 Å². The standard InChI is InChI=1S/C13H18O/c1-4-13(14)8-7-12-9-10(2)5-6-11(12)3/h5-6,9H,4,7-8H2,1-3H3. The Labute approximate surface area is 86.1 Å². The third kappa shape index (κ3) is 2.99. The van der Waals surface area contributed by atoms with Crippen molar-refractivity contribution in [2.24, 2.45) is 0 Å². The summed E-state index contributed by atoms with van der Waals surface area (Å²) in [6.07, 6.45) is 2.23. The molecule has 0 saturated carbocycles. The normalized spacial score (nSPS) is 10.2. The molecule has 0 aliphatic rings. The smallest absolute Gasteiger partial charge is 0.132 e. The van der Waals surface area contributed by atoms with Crippen LogP contribution >= 0.6 is 0 Å². The minimum atomic E-state index is 0.353. The third-order valence-corrected chi connectivity index (χ3v) is 2.57. The Morgan fingerprint density at radius 3 is 2.64 bits per heavy atom. The second-order valence-corrected chi connectivity index (χ2v) is 3.82. The van der Waals surface area contributed by atoms with Crippen LogP contribution in [0.1, 0.15) is 36.5 Å². The highest BCUT2D eigenvalue weighted by molar-refractivity contribution is 5.78. The molecule has 76 valence electrons. The van der Waals surface area contributed by atoms with Crippen molar-refractivity contribution in [2.75, 3.05) is 0 Å². The van der Waals surface area contributed by atoms with Crippen LogP contribution in [0.25, 0.3) is 0 Å². The lowest BCUT2D eigenvalue weighted by atomic mass is 10.00. The maximum Gasteiger partial charge on any atom is 0.132 e. The lowest BCUT2D eigenvalue weighted by Gasteiger charge is -2.05. The van der Waals surface area contributed by atoms with Gasteiger partial charge in [-0.1, -0.05) is 30.7 Å². The molecule has 1 aromatic carbocycles. The number of ketones is 1. The average Bonchev–Trinajstić information content (AvgIpc) is 2.19. The largest absolute Gasteiger partial charge is 0.300 e. The second-order valence-electron chi connectivity index (χ2n) is 3.82. The van der Waals surface area contributed by atoms with E-state index in [1.807, 2.05) is 6.92 Å². The first-order valence-electron chi connectivity index (χ1n) is 5.21. The van der Waals surface area contributed by atoms with Gasteiger partial charge in [-0.15, -0.1) is 0 Å². The minimum Gasteiger partial charge on any atom is -0.300 e. The van der Waals surface area contributed by atoms with Gasteiger partial charge < -0.3 is 0 Å². The SMILES string of the molecule is CCC(=O)CCc1cc(C)ccc1C. The van der Waals surface area contributed by atoms with Crippen LogP contribution in [0.5, 0.6) is 0 Å². The first kappa shape index (κ1) is 11.0. The van der Waals surface area contributed by atoms with Gasteiger partial charge in [0.25, 0.3) is 0 Å². The van der Waals surface area contributed by atoms with Crippen molar-refractivity contribution in [1.29, 1.82) is 0 Å². The van der Waals surface area contributed by atoms with Crippen LogP contribution in [0.15, 0.2) is 18.2 Å². The maximum absolute atomic E-state index is 11.2. The van der Waals surface area contributed by atoms with E-state index in [9.17, 15) is 4.79 Å². The van der Waals surface area contributed by atoms with Gasteiger partial charge in [-0.25, -0.2) is 0 Å². The van der Waals surface area contributed by atoms with E-state index in [1.165, 1.54) is 16.7 Å². The zero-order valence-electron chi connectivity index (χ0n) is 9.26. The summed E-state index contributed by atoms with van der Waals surface area (Å²) in [5.74, 6) is 0.353. The zero-order valence-corrected chi connectivity index (χ0v) is 9.26. The quantitative estimate of drug-likeness (QED) is 0.712. The number of benzene rings is 1. The second kappa shape index (κ2) is 4.94. The minimum absolute atomic E-state index is 0.353. The number of aryl methyl sites for hydroxylation is 3. The Hall–Kier alpha value is -1.11. The molecule has 0 saturated heterocycles. The highest BCUT2D eigenvalue weighted by atomic mass is 16.1. The predicted octanol–water partition coefficient (Wildman–Crippen LogP) is 3.22. The molecule has 14 heavy (non-hydrogen) atoms. The van der Waals surface area contributed by atoms with Crippen molar-refractivity contribution in [2.45, 2.75) is 40.0 Å². The fourth-order valence-electron chi connectivity index (χ4n) is 1.52. The molecule has 0 radical (unpaired) electrons. The van der Waals surface area contributed by atoms with Crippen LogP contribution < -0.4 is 0 Å². The molecule has 1 rings (SSSR count). The molecule has 1 nitrogen and oxygen atoms in total. The summed E-state index contributed by atoms with van der Waals surface area (Å²) < 4.78 is 0. The van der Waals surface area contributed by atoms with Crippen molar-refractivity contribution >= 4 is 5.78 Å². The van der Waals surface area contributed by atoms with Gasteiger partial charge in [0.15, 0.2) is 0 Å². The number of rotatable bonds is 4. The molecule has 0 aromatic heterocycles. The molecule has 0 bridgehead atoms. The molecular weight excluding hydrogens is 172 g/mol. The van der Waals surface area contributed by atoms with Crippen LogP contribution in [0.4, 0.5) is 0 Å². The molecule has 0 spiro atoms. The molecule has 0 atom stereocenters. The Balaban J connectivity index is 2.66. The molecule has 0 aliphatic heterocycles. The van der Waals surface area contributed by atoms with Crippen LogP contribution in [-0.4, -0.2) is 5.78 Å². The highest BCUT2D eigenvalue weighted by Crippen LogP contribution is 2.13. The molecule has 0 amide bonds. The Bertz CT molecular complexity index is 326. The highest BCUT2D eigenvalue weighted by Gasteiger charge is 2.02. The molecule has 0 aliphatic carbocycles. The lowest BCUT2D eigenvalue weighted by Crippen LogP contribution is -1.99. The van der Waals surface area contributed by atoms with Gasteiger partial charge in [-0.2, -0.15) is 0 Å². The van der Waals surface area contributed by atoms with E-state index in [1.54, 1.807) is 0 Å². The van der Waals surface area contributed by atoms with E-state index >= 15 is 0 Å². The Morgan fingerprint density at radius 2 is 2.00 bits per heavy atom. The number of Topliss-reactive ketones (excluding diaryl/α,β-unsaturated/α-hetero) is 1. The molecule has 0 N–H and O–H groups in total. The summed E-state index contributed by atoms with van der Waals surface area (Å²) in [5, 5.41) is 0. The Kier molecular flexibility index (Phi) is 3.87. The Morgan fingerprint density at radius 1 is 1.29 bits per heavy atom. The maximum atomic E-state index is 11.2. The van der Waals surface area contributed by atoms with Gasteiger partial charge in [0.2, 0.25) is 0 Å². The average molecular weight is 190 g/mol. The fourth-order valence-corrected chi connectivity index (χ4v) is 1.52. The van der Waals surface area contributed by atoms with Crippen LogP contribution in [0.3, 0.4) is 0 Å². The number of hydrogen-bond donors (Lipinski definition) is 0. The monoisotopic (exact) mass is 190 g/mol. The predicted molar refractivity (Wildman–Crippen MR) is 59.5 cm³/mol. The zero-order chi connectivity index (χ0) is 10.6. The van der Waals surface area contributed by atoms with Gasteiger partial charge >= 0.3 is 0 Å². The first-order chi connectivity index (χ1) is 6.63. The number of hydrogen-bond acceptors (Lipinski definition) is 1. The fraction of sp³-hybridized carbons (Fsp3) is 0.462. The van der Waals surface area contributed by atoms with Crippen molar-refractivity contribution in [1.82, 2.24) is 0 Å². The van der Waals surface area contributed by atoms with E-state index in [4.69, 9.17) is 0 Å². The van der Waals surface area contributed by atoms with Crippen LogP contribution in [0.2, 0.25) is 0 Å². The summed E-state index contributed by atoms with van der Waals surface area (Å²) in [5.41, 5.74) is 3.88. The van der Waals surface area contributed by atoms with E-state index in [2.05, 4.69) is 32.0 Å². The van der Waals surface area contributed by atoms with E-state index in [0.717, 1.165) is 6.42 Å². The van der Waals surface area contributed by atoms with E-state index in [0.29, 0.717) is 18.6 Å². The molecule has 1 heteroatoms. The van der Waals surface area contributed by atoms with Crippen molar-refractivity contribution in [3.8, 4) is 0 Å². The van der Waals surface area contributed by atoms with Crippen molar-refractivity contribution in [3.63, 3.8) is 0 Å². The first-order valence-corrected chi connectivity index (χ1v) is 5.21. The van der Waals surface area contributed by atoms with Gasteiger partial charge in [0.05, 0.1) is 0 Å². The molecule has 1 aromatic rings. The van der Waals surface area contributed by atoms with Gasteiger partial charge in [0.1, 0.15) is 5.78 Å². The van der Waals surface area contributed by atoms with Crippen LogP contribution in [-0.2, 0) is 11.2 Å². The molecule has 0 heterocycles.